The van der Waals surface area contributed by atoms with Crippen LogP contribution >= 0.6 is 0 Å². The van der Waals surface area contributed by atoms with Crippen molar-refractivity contribution in [3.8, 4) is 0 Å². The number of nitrogens with two attached hydrogens (primary N) is 2. The summed E-state index contributed by atoms with van der Waals surface area (Å²) in [5.41, 5.74) is 13.0. The molecule has 0 heterocycles. The molecular weight excluding hydrogens is 530 g/mol. The van der Waals surface area contributed by atoms with Crippen molar-refractivity contribution in [2.45, 2.75) is 69.1 Å². The smallest absolute Gasteiger partial charge is 0.326 e. The van der Waals surface area contributed by atoms with Crippen molar-refractivity contribution in [2.24, 2.45) is 11.5 Å². The highest BCUT2D eigenvalue weighted by atomic mass is 16.4. The Labute approximate surface area is 238 Å². The molecule has 2 aromatic rings. The normalized spacial score (nSPS) is 13.7. The summed E-state index contributed by atoms with van der Waals surface area (Å²) in [6.45, 7) is 0.380. The van der Waals surface area contributed by atoms with E-state index in [1.165, 1.54) is 0 Å². The molecule has 0 fully saturated rings. The monoisotopic (exact) mass is 569 g/mol. The Morgan fingerprint density at radius 2 is 1.17 bits per heavy atom. The minimum Gasteiger partial charge on any atom is -0.481 e. The molecule has 0 unspecified atom stereocenters. The molecule has 4 atom stereocenters. The summed E-state index contributed by atoms with van der Waals surface area (Å²) in [4.78, 5) is 62.4. The number of unbranched alkanes of at least 4 members (excludes halogenated alkanes) is 1. The molecule has 0 aliphatic heterocycles. The van der Waals surface area contributed by atoms with E-state index in [0.717, 1.165) is 5.56 Å². The van der Waals surface area contributed by atoms with Gasteiger partial charge in [0.25, 0.3) is 0 Å². The third-order valence-corrected chi connectivity index (χ3v) is 6.39. The van der Waals surface area contributed by atoms with Crippen LogP contribution in [-0.4, -0.2) is 70.6 Å². The first-order chi connectivity index (χ1) is 19.6. The highest BCUT2D eigenvalue weighted by Gasteiger charge is 2.30. The van der Waals surface area contributed by atoms with Crippen LogP contribution in [-0.2, 0) is 36.8 Å². The van der Waals surface area contributed by atoms with Gasteiger partial charge in [-0.05, 0) is 49.8 Å². The number of carboxylic acids is 2. The molecule has 0 spiro atoms. The van der Waals surface area contributed by atoms with Gasteiger partial charge in [0.2, 0.25) is 17.7 Å². The first-order valence-corrected chi connectivity index (χ1v) is 13.5. The number of carbonyl (C=O) groups is 5. The second kappa shape index (κ2) is 17.4. The van der Waals surface area contributed by atoms with Crippen molar-refractivity contribution < 1.29 is 34.2 Å². The number of benzene rings is 2. The standard InChI is InChI=1S/C29H39N5O7/c30-16-8-7-13-23(29(40)41)33-28(39)24(18-20-11-5-2-6-12-20)34-27(38)22(14-15-25(35)36)32-26(37)21(31)17-19-9-3-1-4-10-19/h1-6,9-12,21-24H,7-8,13-18,30-31H2,(H,32,37)(H,33,39)(H,34,38)(H,35,36)(H,40,41)/t21-,22-,23-,24-/m0/s1. The largest absolute Gasteiger partial charge is 0.481 e. The van der Waals surface area contributed by atoms with Crippen LogP contribution in [0.5, 0.6) is 0 Å². The van der Waals surface area contributed by atoms with Crippen LogP contribution < -0.4 is 27.4 Å². The fraction of sp³-hybridized carbons (Fsp3) is 0.414. The Morgan fingerprint density at radius 3 is 1.71 bits per heavy atom. The van der Waals surface area contributed by atoms with Gasteiger partial charge in [0.1, 0.15) is 18.1 Å². The molecule has 0 radical (unpaired) electrons. The first kappa shape index (κ1) is 32.9. The van der Waals surface area contributed by atoms with Crippen LogP contribution in [0.15, 0.2) is 60.7 Å². The van der Waals surface area contributed by atoms with Crippen molar-refractivity contribution in [1.82, 2.24) is 16.0 Å². The first-order valence-electron chi connectivity index (χ1n) is 13.5. The Hall–Kier alpha value is -4.29. The van der Waals surface area contributed by atoms with E-state index < -0.39 is 60.2 Å². The van der Waals surface area contributed by atoms with Crippen LogP contribution in [0.1, 0.15) is 43.2 Å². The summed E-state index contributed by atoms with van der Waals surface area (Å²) in [6, 6.07) is 13.1. The zero-order chi connectivity index (χ0) is 30.2. The molecule has 12 nitrogen and oxygen atoms in total. The van der Waals surface area contributed by atoms with Crippen molar-refractivity contribution in [3.63, 3.8) is 0 Å². The van der Waals surface area contributed by atoms with E-state index in [9.17, 15) is 34.2 Å². The number of amides is 3. The van der Waals surface area contributed by atoms with Crippen LogP contribution in [0, 0.1) is 0 Å². The molecule has 0 aromatic heterocycles. The molecule has 41 heavy (non-hydrogen) atoms. The molecule has 9 N–H and O–H groups in total. The van der Waals surface area contributed by atoms with Gasteiger partial charge in [-0.2, -0.15) is 0 Å². The van der Waals surface area contributed by atoms with Gasteiger partial charge < -0.3 is 37.6 Å². The number of hydrogen-bond acceptors (Lipinski definition) is 7. The molecule has 12 heteroatoms. The van der Waals surface area contributed by atoms with Gasteiger partial charge in [0, 0.05) is 12.8 Å². The van der Waals surface area contributed by atoms with E-state index in [4.69, 9.17) is 11.5 Å². The summed E-state index contributed by atoms with van der Waals surface area (Å²) in [6.07, 6.45) is 0.768. The third-order valence-electron chi connectivity index (χ3n) is 6.39. The van der Waals surface area contributed by atoms with E-state index in [1.54, 1.807) is 54.6 Å². The zero-order valence-corrected chi connectivity index (χ0v) is 22.8. The van der Waals surface area contributed by atoms with Crippen LogP contribution in [0.25, 0.3) is 0 Å². The Morgan fingerprint density at radius 1 is 0.659 bits per heavy atom. The highest BCUT2D eigenvalue weighted by molar-refractivity contribution is 5.94. The van der Waals surface area contributed by atoms with Gasteiger partial charge in [-0.15, -0.1) is 0 Å². The van der Waals surface area contributed by atoms with E-state index in [0.29, 0.717) is 24.9 Å². The molecule has 0 saturated carbocycles. The predicted molar refractivity (Wildman–Crippen MR) is 151 cm³/mol. The number of carbonyl (C=O) groups excluding carboxylic acids is 3. The molecular formula is C29H39N5O7. The maximum Gasteiger partial charge on any atom is 0.326 e. The SMILES string of the molecule is NCCCC[C@H](NC(=O)[C@H](Cc1ccccc1)NC(=O)[C@H](CCC(=O)O)NC(=O)[C@@H](N)Cc1ccccc1)C(=O)O. The summed E-state index contributed by atoms with van der Waals surface area (Å²) in [5, 5.41) is 26.4. The fourth-order valence-electron chi connectivity index (χ4n) is 4.13. The number of rotatable bonds is 18. The van der Waals surface area contributed by atoms with Crippen molar-refractivity contribution >= 4 is 29.7 Å². The van der Waals surface area contributed by atoms with Crippen molar-refractivity contribution in [3.05, 3.63) is 71.8 Å². The number of carboxylic acid groups (broad SMARTS) is 2. The summed E-state index contributed by atoms with van der Waals surface area (Å²) < 4.78 is 0. The molecule has 2 rings (SSSR count). The lowest BCUT2D eigenvalue weighted by molar-refractivity contribution is -0.142. The van der Waals surface area contributed by atoms with E-state index >= 15 is 0 Å². The topological polar surface area (TPSA) is 214 Å². The quantitative estimate of drug-likeness (QED) is 0.123. The minimum absolute atomic E-state index is 0.0284. The second-order valence-electron chi connectivity index (χ2n) is 9.72. The maximum absolute atomic E-state index is 13.3. The molecule has 3 amide bonds. The summed E-state index contributed by atoms with van der Waals surface area (Å²) >= 11 is 0. The third kappa shape index (κ3) is 12.2. The average molecular weight is 570 g/mol. The lowest BCUT2D eigenvalue weighted by atomic mass is 10.0. The van der Waals surface area contributed by atoms with E-state index in [-0.39, 0.29) is 25.7 Å². The van der Waals surface area contributed by atoms with E-state index in [1.807, 2.05) is 6.07 Å². The maximum atomic E-state index is 13.3. The second-order valence-corrected chi connectivity index (χ2v) is 9.72. The van der Waals surface area contributed by atoms with Gasteiger partial charge in [-0.1, -0.05) is 60.7 Å². The Balaban J connectivity index is 2.20. The average Bonchev–Trinajstić information content (AvgIpc) is 2.95. The molecule has 0 bridgehead atoms. The predicted octanol–water partition coefficient (Wildman–Crippen LogP) is 0.332. The Bertz CT molecular complexity index is 1150. The van der Waals surface area contributed by atoms with Crippen LogP contribution in [0.3, 0.4) is 0 Å². The lowest BCUT2D eigenvalue weighted by Crippen LogP contribution is -2.57. The molecule has 222 valence electrons. The highest BCUT2D eigenvalue weighted by Crippen LogP contribution is 2.09. The molecule has 0 aliphatic carbocycles. The van der Waals surface area contributed by atoms with Gasteiger partial charge in [0.05, 0.1) is 6.04 Å². The van der Waals surface area contributed by atoms with Crippen molar-refractivity contribution in [1.29, 1.82) is 0 Å². The van der Waals surface area contributed by atoms with Gasteiger partial charge in [-0.3, -0.25) is 19.2 Å². The number of aliphatic carboxylic acids is 2. The van der Waals surface area contributed by atoms with Gasteiger partial charge in [-0.25, -0.2) is 4.79 Å². The minimum atomic E-state index is -1.30. The zero-order valence-electron chi connectivity index (χ0n) is 22.8. The van der Waals surface area contributed by atoms with Crippen molar-refractivity contribution in [2.75, 3.05) is 6.54 Å². The number of nitrogens with one attached hydrogen (secondary N) is 3. The summed E-state index contributed by atoms with van der Waals surface area (Å²) in [5.74, 6) is -4.58. The van der Waals surface area contributed by atoms with E-state index in [2.05, 4.69) is 16.0 Å². The molecule has 0 saturated heterocycles. The van der Waals surface area contributed by atoms with Crippen LogP contribution in [0.4, 0.5) is 0 Å². The lowest BCUT2D eigenvalue weighted by Gasteiger charge is -2.25. The van der Waals surface area contributed by atoms with Gasteiger partial charge >= 0.3 is 11.9 Å². The molecule has 2 aromatic carbocycles. The van der Waals surface area contributed by atoms with Gasteiger partial charge in [0.15, 0.2) is 0 Å². The number of hydrogen-bond donors (Lipinski definition) is 7. The fourth-order valence-corrected chi connectivity index (χ4v) is 4.13. The molecule has 0 aliphatic rings. The summed E-state index contributed by atoms with van der Waals surface area (Å²) in [7, 11) is 0. The van der Waals surface area contributed by atoms with Crippen LogP contribution in [0.2, 0.25) is 0 Å². The Kier molecular flexibility index (Phi) is 14.0.